The average molecular weight is 1490 g/mol. The molecule has 552 valence electrons. The largest absolute Gasteiger partial charge is 0.310 e. The van der Waals surface area contributed by atoms with Gasteiger partial charge in [-0.2, -0.15) is 0 Å². The van der Waals surface area contributed by atoms with Crippen molar-refractivity contribution in [1.29, 1.82) is 0 Å². The Balaban J connectivity index is 0.659. The van der Waals surface area contributed by atoms with Crippen molar-refractivity contribution < 1.29 is 0 Å². The molecule has 0 aliphatic heterocycles. The summed E-state index contributed by atoms with van der Waals surface area (Å²) in [6.07, 6.45) is 0. The van der Waals surface area contributed by atoms with E-state index in [2.05, 4.69) is 451 Å². The van der Waals surface area contributed by atoms with Crippen molar-refractivity contribution in [3.63, 3.8) is 0 Å². The normalized spacial score (nSPS) is 15.9. The molecule has 18 aromatic rings. The number of rotatable bonds is 12. The third-order valence-corrected chi connectivity index (χ3v) is 27.2. The minimum absolute atomic E-state index is 0.166. The lowest BCUT2D eigenvalue weighted by atomic mass is 9.70. The molecular formula is C115H82N2. The van der Waals surface area contributed by atoms with Crippen molar-refractivity contribution in [2.45, 2.75) is 56.3 Å². The maximum Gasteiger partial charge on any atom is 0.0726 e. The van der Waals surface area contributed by atoms with E-state index in [1.54, 1.807) is 0 Å². The zero-order valence-corrected chi connectivity index (χ0v) is 66.1. The van der Waals surface area contributed by atoms with Crippen LogP contribution in [0.4, 0.5) is 34.1 Å². The molecule has 2 atom stereocenters. The number of anilines is 6. The van der Waals surface area contributed by atoms with E-state index in [-0.39, 0.29) is 10.8 Å². The van der Waals surface area contributed by atoms with Crippen molar-refractivity contribution in [3.05, 3.63) is 468 Å². The fourth-order valence-corrected chi connectivity index (χ4v) is 21.7. The standard InChI is InChI=1S/C115H82N2/c1-112(2)97-46-24-20-42-90(97)95-69-81(60-66-98(95)112)117(84-59-64-92-89-41-22-26-48-101(89)115(106(92)72-84)102-49-27-23-43-94(102)111-87-39-19-18-32-75(87)57-65-103(111)115)108-51-29-45-86(110(108)78-35-14-8-15-36-78)76-54-52-73(53-55-76)79-56-62-93-96-70-82(61-67-99(96)113(3,4)104(93)68-79)116(107-50-28-44-85(74-30-10-6-11-31-74)109(107)77-33-12-7-13-34-77)83-58-63-91-88-40-21-25-47-100(88)114(5,105(91)71-83)80-37-16-9-17-38-80/h6-72H,1-5H3. The third kappa shape index (κ3) is 9.98. The van der Waals surface area contributed by atoms with Gasteiger partial charge < -0.3 is 9.80 Å². The average Bonchev–Trinajstić information content (AvgIpc) is 1.51. The second-order valence-corrected chi connectivity index (χ2v) is 33.8. The monoisotopic (exact) mass is 1490 g/mol. The molecule has 2 unspecified atom stereocenters. The Morgan fingerprint density at radius 3 is 1.16 bits per heavy atom. The van der Waals surface area contributed by atoms with Crippen molar-refractivity contribution in [2.75, 3.05) is 9.80 Å². The van der Waals surface area contributed by atoms with Gasteiger partial charge in [0, 0.05) is 50.1 Å². The van der Waals surface area contributed by atoms with E-state index >= 15 is 0 Å². The molecule has 0 bridgehead atoms. The summed E-state index contributed by atoms with van der Waals surface area (Å²) in [6.45, 7) is 12.0. The molecule has 5 aliphatic rings. The minimum Gasteiger partial charge on any atom is -0.310 e. The summed E-state index contributed by atoms with van der Waals surface area (Å²) < 4.78 is 0. The maximum atomic E-state index is 2.58. The van der Waals surface area contributed by atoms with E-state index in [0.717, 1.165) is 61.9 Å². The highest BCUT2D eigenvalue weighted by molar-refractivity contribution is 6.08. The highest BCUT2D eigenvalue weighted by Gasteiger charge is 2.53. The van der Waals surface area contributed by atoms with Crippen LogP contribution in [0.1, 0.15) is 95.8 Å². The van der Waals surface area contributed by atoms with Crippen LogP contribution in [0.2, 0.25) is 0 Å². The number of hydrogen-bond donors (Lipinski definition) is 0. The summed E-state index contributed by atoms with van der Waals surface area (Å²) in [5, 5.41) is 2.54. The summed E-state index contributed by atoms with van der Waals surface area (Å²) in [4.78, 5) is 5.13. The SMILES string of the molecule is CC1(C)c2ccccc2-c2cc(N(c3ccc4c(c3)C3(c5ccccc5-4)c4ccccc4-c4c3ccc3ccccc43)c3cccc(-c4ccc(-c5ccc6c(c5)C(C)(C)c5ccc(N(c7ccc8c(c7)C(C)(c7ccccc7)c7ccccc7-8)c7cccc(-c8ccccc8)c7-c7ccccc7)cc5-6)cc4)c3-c3ccccc3)ccc21. The molecule has 0 N–H and O–H groups in total. The third-order valence-electron chi connectivity index (χ3n) is 27.2. The predicted molar refractivity (Wildman–Crippen MR) is 489 cm³/mol. The molecule has 117 heavy (non-hydrogen) atoms. The van der Waals surface area contributed by atoms with Gasteiger partial charge in [-0.25, -0.2) is 0 Å². The van der Waals surface area contributed by atoms with E-state index in [1.807, 2.05) is 0 Å². The van der Waals surface area contributed by atoms with Crippen LogP contribution >= 0.6 is 0 Å². The molecule has 0 saturated carbocycles. The lowest BCUT2D eigenvalue weighted by Crippen LogP contribution is -2.26. The number of benzene rings is 18. The van der Waals surface area contributed by atoms with E-state index in [4.69, 9.17) is 0 Å². The first-order valence-corrected chi connectivity index (χ1v) is 41.3. The minimum atomic E-state index is -0.574. The van der Waals surface area contributed by atoms with E-state index in [1.165, 1.54) is 155 Å². The predicted octanol–water partition coefficient (Wildman–Crippen LogP) is 30.4. The Labute approximate surface area is 685 Å². The zero-order chi connectivity index (χ0) is 78.0. The number of hydrogen-bond acceptors (Lipinski definition) is 2. The van der Waals surface area contributed by atoms with Crippen LogP contribution in [-0.2, 0) is 21.7 Å². The first-order valence-electron chi connectivity index (χ1n) is 41.3. The van der Waals surface area contributed by atoms with Gasteiger partial charge in [-0.15, -0.1) is 0 Å². The highest BCUT2D eigenvalue weighted by atomic mass is 15.2. The van der Waals surface area contributed by atoms with Gasteiger partial charge in [0.25, 0.3) is 0 Å². The summed E-state index contributed by atoms with van der Waals surface area (Å²) in [5.41, 5.74) is 44.2. The molecule has 0 heterocycles. The molecule has 0 saturated heterocycles. The summed E-state index contributed by atoms with van der Waals surface area (Å²) in [7, 11) is 0. The molecule has 0 amide bonds. The lowest BCUT2D eigenvalue weighted by Gasteiger charge is -2.33. The van der Waals surface area contributed by atoms with E-state index in [0.29, 0.717) is 0 Å². The van der Waals surface area contributed by atoms with Crippen LogP contribution in [-0.4, -0.2) is 0 Å². The van der Waals surface area contributed by atoms with Crippen molar-refractivity contribution >= 4 is 44.9 Å². The van der Waals surface area contributed by atoms with Gasteiger partial charge in [-0.1, -0.05) is 367 Å². The summed E-state index contributed by atoms with van der Waals surface area (Å²) in [6, 6.07) is 154. The number of nitrogens with zero attached hydrogens (tertiary/aromatic N) is 2. The van der Waals surface area contributed by atoms with Gasteiger partial charge in [-0.3, -0.25) is 0 Å². The lowest BCUT2D eigenvalue weighted by molar-refractivity contribution is 0.660. The van der Waals surface area contributed by atoms with Gasteiger partial charge >= 0.3 is 0 Å². The topological polar surface area (TPSA) is 6.48 Å². The molecule has 0 aromatic heterocycles. The Bertz CT molecular complexity index is 7130. The van der Waals surface area contributed by atoms with Gasteiger partial charge in [0.15, 0.2) is 0 Å². The summed E-state index contributed by atoms with van der Waals surface area (Å²) in [5.74, 6) is 0. The zero-order valence-electron chi connectivity index (χ0n) is 66.1. The van der Waals surface area contributed by atoms with Crippen LogP contribution in [0.15, 0.2) is 406 Å². The van der Waals surface area contributed by atoms with Crippen LogP contribution in [0.3, 0.4) is 0 Å². The van der Waals surface area contributed by atoms with Crippen LogP contribution in [0, 0.1) is 0 Å². The molecule has 23 rings (SSSR count). The summed E-state index contributed by atoms with van der Waals surface area (Å²) >= 11 is 0. The fraction of sp³-hybridized carbons (Fsp3) is 0.0783. The second kappa shape index (κ2) is 25.9. The molecule has 0 fully saturated rings. The first-order chi connectivity index (χ1) is 57.4. The Morgan fingerprint density at radius 1 is 0.188 bits per heavy atom. The Hall–Kier alpha value is -14.2. The Morgan fingerprint density at radius 2 is 0.564 bits per heavy atom. The quantitative estimate of drug-likeness (QED) is 0.120. The van der Waals surface area contributed by atoms with Crippen molar-refractivity contribution in [3.8, 4) is 111 Å². The Kier molecular flexibility index (Phi) is 15.2. The smallest absolute Gasteiger partial charge is 0.0726 e. The first kappa shape index (κ1) is 68.4. The fourth-order valence-electron chi connectivity index (χ4n) is 21.7. The van der Waals surface area contributed by atoms with Gasteiger partial charge in [0.1, 0.15) is 0 Å². The molecule has 1 spiro atoms. The molecule has 2 nitrogen and oxygen atoms in total. The van der Waals surface area contributed by atoms with Crippen LogP contribution in [0.5, 0.6) is 0 Å². The van der Waals surface area contributed by atoms with Gasteiger partial charge in [0.05, 0.1) is 16.8 Å². The van der Waals surface area contributed by atoms with Crippen LogP contribution in [0.25, 0.3) is 122 Å². The van der Waals surface area contributed by atoms with Crippen molar-refractivity contribution in [1.82, 2.24) is 0 Å². The van der Waals surface area contributed by atoms with Gasteiger partial charge in [-0.05, 0) is 246 Å². The highest BCUT2D eigenvalue weighted by Crippen LogP contribution is 2.66. The molecular weight excluding hydrogens is 1410 g/mol. The molecule has 5 aliphatic carbocycles. The maximum absolute atomic E-state index is 2.58. The second-order valence-electron chi connectivity index (χ2n) is 33.8. The molecule has 0 radical (unpaired) electrons. The van der Waals surface area contributed by atoms with Gasteiger partial charge in [0.2, 0.25) is 0 Å². The molecule has 2 heteroatoms. The van der Waals surface area contributed by atoms with Crippen molar-refractivity contribution in [2.24, 2.45) is 0 Å². The van der Waals surface area contributed by atoms with E-state index in [9.17, 15) is 0 Å². The number of fused-ring (bicyclic) bond motifs is 21. The molecule has 18 aromatic carbocycles. The van der Waals surface area contributed by atoms with Crippen LogP contribution < -0.4 is 9.80 Å². The van der Waals surface area contributed by atoms with E-state index < -0.39 is 10.8 Å².